The Morgan fingerprint density at radius 2 is 1.88 bits per heavy atom. The van der Waals surface area contributed by atoms with Gasteiger partial charge in [0, 0.05) is 10.5 Å². The Morgan fingerprint density at radius 3 is 2.64 bits per heavy atom. The van der Waals surface area contributed by atoms with Crippen LogP contribution in [0.3, 0.4) is 0 Å². The number of ether oxygens (including phenoxy) is 2. The number of carbonyl (C=O) groups excluding carboxylic acids is 1. The number of aromatic nitrogens is 1. The Kier molecular flexibility index (Phi) is 6.05. The van der Waals surface area contributed by atoms with E-state index < -0.39 is 0 Å². The minimum Gasteiger partial charge on any atom is -0.486 e. The lowest BCUT2D eigenvalue weighted by Gasteiger charge is -2.08. The van der Waals surface area contributed by atoms with Crippen LogP contribution in [0.2, 0.25) is 0 Å². The molecule has 128 valence electrons. The standard InChI is InChI=1S/C19H16INO4/c20-11-16-10-18(25-21-16)13-23-17-8-4-5-14(9-17)12-24-19(22)15-6-2-1-3-7-15/h1-10H,11-13H2. The van der Waals surface area contributed by atoms with Crippen LogP contribution in [0.4, 0.5) is 0 Å². The topological polar surface area (TPSA) is 61.6 Å². The van der Waals surface area contributed by atoms with E-state index in [-0.39, 0.29) is 12.6 Å². The lowest BCUT2D eigenvalue weighted by molar-refractivity contribution is 0.0472. The molecule has 0 radical (unpaired) electrons. The third kappa shape index (κ3) is 5.06. The molecule has 6 heteroatoms. The van der Waals surface area contributed by atoms with Crippen LogP contribution < -0.4 is 4.74 Å². The molecule has 25 heavy (non-hydrogen) atoms. The maximum absolute atomic E-state index is 12.0. The molecule has 3 rings (SSSR count). The number of hydrogen-bond donors (Lipinski definition) is 0. The van der Waals surface area contributed by atoms with E-state index in [4.69, 9.17) is 14.0 Å². The van der Waals surface area contributed by atoms with Crippen molar-refractivity contribution >= 4 is 28.6 Å². The summed E-state index contributed by atoms with van der Waals surface area (Å²) >= 11 is 2.22. The van der Waals surface area contributed by atoms with Gasteiger partial charge in [-0.1, -0.05) is 58.1 Å². The van der Waals surface area contributed by atoms with Crippen molar-refractivity contribution in [3.8, 4) is 5.75 Å². The van der Waals surface area contributed by atoms with Crippen molar-refractivity contribution < 1.29 is 18.8 Å². The molecule has 0 aliphatic heterocycles. The summed E-state index contributed by atoms with van der Waals surface area (Å²) in [5, 5.41) is 3.92. The van der Waals surface area contributed by atoms with E-state index >= 15 is 0 Å². The Hall–Kier alpha value is -2.35. The quantitative estimate of drug-likeness (QED) is 0.301. The molecule has 0 N–H and O–H groups in total. The van der Waals surface area contributed by atoms with E-state index in [1.54, 1.807) is 24.3 Å². The lowest BCUT2D eigenvalue weighted by Crippen LogP contribution is -2.05. The molecule has 0 saturated carbocycles. The highest BCUT2D eigenvalue weighted by Gasteiger charge is 2.08. The molecule has 3 aromatic rings. The van der Waals surface area contributed by atoms with E-state index in [0.29, 0.717) is 23.7 Å². The summed E-state index contributed by atoms with van der Waals surface area (Å²) in [7, 11) is 0. The zero-order valence-electron chi connectivity index (χ0n) is 13.4. The second-order valence-corrected chi connectivity index (χ2v) is 6.06. The number of benzene rings is 2. The van der Waals surface area contributed by atoms with E-state index in [0.717, 1.165) is 15.7 Å². The van der Waals surface area contributed by atoms with Crippen molar-refractivity contribution in [3.05, 3.63) is 83.2 Å². The van der Waals surface area contributed by atoms with Gasteiger partial charge in [-0.15, -0.1) is 0 Å². The predicted molar refractivity (Wildman–Crippen MR) is 101 cm³/mol. The molecule has 0 saturated heterocycles. The van der Waals surface area contributed by atoms with Gasteiger partial charge in [0.05, 0.1) is 11.3 Å². The highest BCUT2D eigenvalue weighted by molar-refractivity contribution is 14.1. The number of hydrogen-bond acceptors (Lipinski definition) is 5. The molecule has 0 bridgehead atoms. The average Bonchev–Trinajstić information content (AvgIpc) is 3.14. The summed E-state index contributed by atoms with van der Waals surface area (Å²) < 4.78 is 17.0. The third-order valence-corrected chi connectivity index (χ3v) is 4.19. The van der Waals surface area contributed by atoms with Crippen molar-refractivity contribution in [2.45, 2.75) is 17.6 Å². The molecule has 2 aromatic carbocycles. The SMILES string of the molecule is O=C(OCc1cccc(OCc2cc(CI)no2)c1)c1ccccc1. The molecule has 0 atom stereocenters. The van der Waals surface area contributed by atoms with Gasteiger partial charge >= 0.3 is 5.97 Å². The van der Waals surface area contributed by atoms with Crippen molar-refractivity contribution in [1.29, 1.82) is 0 Å². The molecule has 0 amide bonds. The van der Waals surface area contributed by atoms with Gasteiger partial charge in [0.25, 0.3) is 0 Å². The van der Waals surface area contributed by atoms with Gasteiger partial charge < -0.3 is 14.0 Å². The maximum atomic E-state index is 12.0. The third-order valence-electron chi connectivity index (χ3n) is 3.40. The molecule has 1 aromatic heterocycles. The van der Waals surface area contributed by atoms with E-state index in [2.05, 4.69) is 27.7 Å². The number of halogens is 1. The van der Waals surface area contributed by atoms with E-state index in [1.807, 2.05) is 36.4 Å². The van der Waals surface area contributed by atoms with Crippen LogP contribution in [-0.4, -0.2) is 11.1 Å². The van der Waals surface area contributed by atoms with E-state index in [1.165, 1.54) is 0 Å². The number of rotatable bonds is 7. The fourth-order valence-corrected chi connectivity index (χ4v) is 2.53. The van der Waals surface area contributed by atoms with Crippen molar-refractivity contribution in [3.63, 3.8) is 0 Å². The molecular formula is C19H16INO4. The summed E-state index contributed by atoms with van der Waals surface area (Å²) in [6.07, 6.45) is 0. The zero-order chi connectivity index (χ0) is 17.5. The van der Waals surface area contributed by atoms with Crippen LogP contribution in [-0.2, 0) is 22.4 Å². The second kappa shape index (κ2) is 8.66. The molecule has 1 heterocycles. The van der Waals surface area contributed by atoms with Crippen LogP contribution >= 0.6 is 22.6 Å². The molecule has 0 aliphatic carbocycles. The van der Waals surface area contributed by atoms with Crippen molar-refractivity contribution in [1.82, 2.24) is 5.16 Å². The number of esters is 1. The summed E-state index contributed by atoms with van der Waals surface area (Å²) in [6, 6.07) is 18.2. The first kappa shape index (κ1) is 17.5. The minimum absolute atomic E-state index is 0.187. The highest BCUT2D eigenvalue weighted by atomic mass is 127. The molecule has 0 unspecified atom stereocenters. The van der Waals surface area contributed by atoms with Gasteiger partial charge in [0.2, 0.25) is 0 Å². The van der Waals surface area contributed by atoms with Crippen molar-refractivity contribution in [2.24, 2.45) is 0 Å². The Bertz CT molecular complexity index is 832. The smallest absolute Gasteiger partial charge is 0.338 e. The summed E-state index contributed by atoms with van der Waals surface area (Å²) in [5.41, 5.74) is 2.28. The van der Waals surface area contributed by atoms with Crippen LogP contribution in [0, 0.1) is 0 Å². The van der Waals surface area contributed by atoms with E-state index in [9.17, 15) is 4.79 Å². The lowest BCUT2D eigenvalue weighted by atomic mass is 10.2. The average molecular weight is 449 g/mol. The van der Waals surface area contributed by atoms with Crippen LogP contribution in [0.15, 0.2) is 65.2 Å². The molecule has 0 fully saturated rings. The summed E-state index contributed by atoms with van der Waals surface area (Å²) in [4.78, 5) is 12.0. The Labute approximate surface area is 159 Å². The molecular weight excluding hydrogens is 433 g/mol. The molecule has 5 nitrogen and oxygen atoms in total. The largest absolute Gasteiger partial charge is 0.486 e. The van der Waals surface area contributed by atoms with Gasteiger partial charge in [0.1, 0.15) is 19.0 Å². The Balaban J connectivity index is 1.55. The summed E-state index contributed by atoms with van der Waals surface area (Å²) in [5.74, 6) is 1.01. The van der Waals surface area contributed by atoms with Crippen LogP contribution in [0.5, 0.6) is 5.75 Å². The highest BCUT2D eigenvalue weighted by Crippen LogP contribution is 2.17. The zero-order valence-corrected chi connectivity index (χ0v) is 15.5. The Morgan fingerprint density at radius 1 is 1.04 bits per heavy atom. The number of nitrogens with zero attached hydrogens (tertiary/aromatic N) is 1. The molecule has 0 spiro atoms. The number of carbonyl (C=O) groups is 1. The second-order valence-electron chi connectivity index (χ2n) is 5.30. The fraction of sp³-hybridized carbons (Fsp3) is 0.158. The van der Waals surface area contributed by atoms with Gasteiger partial charge in [-0.3, -0.25) is 0 Å². The van der Waals surface area contributed by atoms with Gasteiger partial charge in [0.15, 0.2) is 5.76 Å². The van der Waals surface area contributed by atoms with Crippen molar-refractivity contribution in [2.75, 3.05) is 0 Å². The number of alkyl halides is 1. The fourth-order valence-electron chi connectivity index (χ4n) is 2.17. The maximum Gasteiger partial charge on any atom is 0.338 e. The van der Waals surface area contributed by atoms with Gasteiger partial charge in [-0.25, -0.2) is 4.79 Å². The normalized spacial score (nSPS) is 10.4. The predicted octanol–water partition coefficient (Wildman–Crippen LogP) is 4.55. The first-order chi connectivity index (χ1) is 12.2. The van der Waals surface area contributed by atoms with Crippen LogP contribution in [0.25, 0.3) is 0 Å². The minimum atomic E-state index is -0.347. The van der Waals surface area contributed by atoms with Crippen LogP contribution in [0.1, 0.15) is 27.4 Å². The first-order valence-electron chi connectivity index (χ1n) is 7.69. The first-order valence-corrected chi connectivity index (χ1v) is 9.21. The van der Waals surface area contributed by atoms with Gasteiger partial charge in [-0.05, 0) is 29.8 Å². The monoisotopic (exact) mass is 449 g/mol. The molecule has 0 aliphatic rings. The van der Waals surface area contributed by atoms with Gasteiger partial charge in [-0.2, -0.15) is 0 Å². The summed E-state index contributed by atoms with van der Waals surface area (Å²) in [6.45, 7) is 0.489.